The molecule has 0 aliphatic rings. The largest absolute Gasteiger partial charge is 0.304 e. The Hall–Kier alpha value is -0.710. The van der Waals surface area contributed by atoms with Gasteiger partial charge < -0.3 is 5.32 Å². The first-order chi connectivity index (χ1) is 8.70. The maximum absolute atomic E-state index is 4.38. The third-order valence-corrected chi connectivity index (χ3v) is 4.71. The van der Waals surface area contributed by atoms with Crippen LogP contribution >= 0.6 is 27.3 Å². The molecule has 1 N–H and O–H groups in total. The molecule has 0 amide bonds. The second kappa shape index (κ2) is 6.45. The molecule has 0 saturated heterocycles. The van der Waals surface area contributed by atoms with Crippen molar-refractivity contribution in [1.29, 1.82) is 0 Å². The Morgan fingerprint density at radius 1 is 1.44 bits per heavy atom. The molecule has 2 rings (SSSR count). The molecule has 0 aliphatic carbocycles. The summed E-state index contributed by atoms with van der Waals surface area (Å²) in [7, 11) is 0. The predicted octanol–water partition coefficient (Wildman–Crippen LogP) is 4.45. The van der Waals surface area contributed by atoms with Gasteiger partial charge in [-0.25, -0.2) is 4.98 Å². The van der Waals surface area contributed by atoms with Gasteiger partial charge in [0.05, 0.1) is 6.04 Å². The number of hydrogen-bond acceptors (Lipinski definition) is 3. The minimum Gasteiger partial charge on any atom is -0.304 e. The number of benzene rings is 1. The molecule has 0 aliphatic heterocycles. The Bertz CT molecular complexity index is 497. The van der Waals surface area contributed by atoms with Gasteiger partial charge in [0.1, 0.15) is 5.01 Å². The number of nitrogens with one attached hydrogen (secondary N) is 1. The van der Waals surface area contributed by atoms with Crippen LogP contribution < -0.4 is 5.32 Å². The molecule has 1 atom stereocenters. The van der Waals surface area contributed by atoms with E-state index in [4.69, 9.17) is 0 Å². The highest BCUT2D eigenvalue weighted by molar-refractivity contribution is 9.10. The van der Waals surface area contributed by atoms with Crippen molar-refractivity contribution in [2.45, 2.75) is 32.9 Å². The average Bonchev–Trinajstić information content (AvgIpc) is 2.88. The summed E-state index contributed by atoms with van der Waals surface area (Å²) in [5, 5.41) is 6.77. The van der Waals surface area contributed by atoms with Crippen LogP contribution in [-0.2, 0) is 6.54 Å². The smallest absolute Gasteiger partial charge is 0.109 e. The summed E-state index contributed by atoms with van der Waals surface area (Å²) in [5.41, 5.74) is 2.59. The molecule has 1 heterocycles. The maximum Gasteiger partial charge on any atom is 0.109 e. The van der Waals surface area contributed by atoms with Crippen LogP contribution in [0.4, 0.5) is 0 Å². The molecule has 1 aromatic heterocycles. The van der Waals surface area contributed by atoms with E-state index in [2.05, 4.69) is 58.3 Å². The van der Waals surface area contributed by atoms with Crippen LogP contribution in [0.15, 0.2) is 34.2 Å². The molecule has 96 valence electrons. The quantitative estimate of drug-likeness (QED) is 0.878. The van der Waals surface area contributed by atoms with Gasteiger partial charge in [0.15, 0.2) is 0 Å². The lowest BCUT2D eigenvalue weighted by Crippen LogP contribution is -2.20. The molecule has 4 heteroatoms. The third kappa shape index (κ3) is 3.40. The number of halogens is 1. The summed E-state index contributed by atoms with van der Waals surface area (Å²) in [6.07, 6.45) is 2.93. The normalized spacial score (nSPS) is 12.6. The molecule has 0 saturated carbocycles. The fraction of sp³-hybridized carbons (Fsp3) is 0.357. The second-order valence-corrected chi connectivity index (χ2v) is 6.08. The van der Waals surface area contributed by atoms with Gasteiger partial charge in [-0.05, 0) is 30.5 Å². The lowest BCUT2D eigenvalue weighted by atomic mass is 10.1. The Labute approximate surface area is 121 Å². The highest BCUT2D eigenvalue weighted by atomic mass is 79.9. The molecular formula is C14H17BrN2S. The van der Waals surface area contributed by atoms with Crippen molar-refractivity contribution in [3.63, 3.8) is 0 Å². The number of aromatic nitrogens is 1. The SMILES string of the molecule is CCC(NCc1ccc(Br)c(C)c1)c1nccs1. The van der Waals surface area contributed by atoms with Crippen molar-refractivity contribution in [1.82, 2.24) is 10.3 Å². The highest BCUT2D eigenvalue weighted by Gasteiger charge is 2.11. The number of nitrogens with zero attached hydrogens (tertiary/aromatic N) is 1. The first-order valence-electron chi connectivity index (χ1n) is 6.08. The minimum atomic E-state index is 0.356. The molecule has 1 unspecified atom stereocenters. The zero-order chi connectivity index (χ0) is 13.0. The monoisotopic (exact) mass is 324 g/mol. The molecule has 0 spiro atoms. The van der Waals surface area contributed by atoms with Gasteiger partial charge in [-0.1, -0.05) is 35.0 Å². The number of aryl methyl sites for hydroxylation is 1. The molecule has 0 radical (unpaired) electrons. The van der Waals surface area contributed by atoms with E-state index in [9.17, 15) is 0 Å². The lowest BCUT2D eigenvalue weighted by Gasteiger charge is -2.14. The number of hydrogen-bond donors (Lipinski definition) is 1. The van der Waals surface area contributed by atoms with Crippen LogP contribution in [0.5, 0.6) is 0 Å². The van der Waals surface area contributed by atoms with Gasteiger partial charge in [0.2, 0.25) is 0 Å². The summed E-state index contributed by atoms with van der Waals surface area (Å²) < 4.78 is 1.17. The van der Waals surface area contributed by atoms with Gasteiger partial charge in [0, 0.05) is 22.6 Å². The van der Waals surface area contributed by atoms with Crippen molar-refractivity contribution in [2.24, 2.45) is 0 Å². The number of rotatable bonds is 5. The summed E-state index contributed by atoms with van der Waals surface area (Å²) in [4.78, 5) is 4.38. The van der Waals surface area contributed by atoms with Gasteiger partial charge in [-0.15, -0.1) is 11.3 Å². The molecular weight excluding hydrogens is 308 g/mol. The van der Waals surface area contributed by atoms with Crippen LogP contribution in [-0.4, -0.2) is 4.98 Å². The Kier molecular flexibility index (Phi) is 4.92. The first-order valence-corrected chi connectivity index (χ1v) is 7.75. The maximum atomic E-state index is 4.38. The molecule has 18 heavy (non-hydrogen) atoms. The van der Waals surface area contributed by atoms with Gasteiger partial charge in [-0.3, -0.25) is 0 Å². The zero-order valence-corrected chi connectivity index (χ0v) is 13.0. The van der Waals surface area contributed by atoms with Gasteiger partial charge in [0.25, 0.3) is 0 Å². The Morgan fingerprint density at radius 2 is 2.28 bits per heavy atom. The second-order valence-electron chi connectivity index (χ2n) is 4.30. The van der Waals surface area contributed by atoms with E-state index in [-0.39, 0.29) is 0 Å². The fourth-order valence-corrected chi connectivity index (χ4v) is 2.91. The van der Waals surface area contributed by atoms with E-state index in [1.807, 2.05) is 11.6 Å². The van der Waals surface area contributed by atoms with Crippen molar-refractivity contribution in [3.05, 3.63) is 50.4 Å². The average molecular weight is 325 g/mol. The third-order valence-electron chi connectivity index (χ3n) is 2.93. The van der Waals surface area contributed by atoms with E-state index in [1.165, 1.54) is 20.6 Å². The first kappa shape index (κ1) is 13.7. The van der Waals surface area contributed by atoms with Crippen molar-refractivity contribution in [3.8, 4) is 0 Å². The Balaban J connectivity index is 1.99. The van der Waals surface area contributed by atoms with E-state index in [0.29, 0.717) is 6.04 Å². The summed E-state index contributed by atoms with van der Waals surface area (Å²) in [6.45, 7) is 5.18. The molecule has 0 fully saturated rings. The van der Waals surface area contributed by atoms with Crippen LogP contribution in [0, 0.1) is 6.92 Å². The predicted molar refractivity (Wildman–Crippen MR) is 80.9 cm³/mol. The summed E-state index contributed by atoms with van der Waals surface area (Å²) in [6, 6.07) is 6.83. The number of thiazole rings is 1. The minimum absolute atomic E-state index is 0.356. The summed E-state index contributed by atoms with van der Waals surface area (Å²) in [5.74, 6) is 0. The van der Waals surface area contributed by atoms with Crippen molar-refractivity contribution in [2.75, 3.05) is 0 Å². The fourth-order valence-electron chi connectivity index (χ4n) is 1.87. The zero-order valence-electron chi connectivity index (χ0n) is 10.6. The van der Waals surface area contributed by atoms with Crippen LogP contribution in [0.1, 0.15) is 35.5 Å². The lowest BCUT2D eigenvalue weighted by molar-refractivity contribution is 0.516. The van der Waals surface area contributed by atoms with Crippen LogP contribution in [0.3, 0.4) is 0 Å². The van der Waals surface area contributed by atoms with E-state index < -0.39 is 0 Å². The standard InChI is InChI=1S/C14H17BrN2S/c1-3-13(14-16-6-7-18-14)17-9-11-4-5-12(15)10(2)8-11/h4-8,13,17H,3,9H2,1-2H3. The van der Waals surface area contributed by atoms with Crippen LogP contribution in [0.2, 0.25) is 0 Å². The molecule has 1 aromatic carbocycles. The molecule has 2 nitrogen and oxygen atoms in total. The van der Waals surface area contributed by atoms with Crippen LogP contribution in [0.25, 0.3) is 0 Å². The topological polar surface area (TPSA) is 24.9 Å². The Morgan fingerprint density at radius 3 is 2.89 bits per heavy atom. The highest BCUT2D eigenvalue weighted by Crippen LogP contribution is 2.21. The van der Waals surface area contributed by atoms with Gasteiger partial charge >= 0.3 is 0 Å². The summed E-state index contributed by atoms with van der Waals surface area (Å²) >= 11 is 5.24. The molecule has 0 bridgehead atoms. The van der Waals surface area contributed by atoms with Crippen molar-refractivity contribution >= 4 is 27.3 Å². The van der Waals surface area contributed by atoms with E-state index in [0.717, 1.165) is 13.0 Å². The van der Waals surface area contributed by atoms with E-state index >= 15 is 0 Å². The molecule has 2 aromatic rings. The van der Waals surface area contributed by atoms with Crippen molar-refractivity contribution < 1.29 is 0 Å². The van der Waals surface area contributed by atoms with Gasteiger partial charge in [-0.2, -0.15) is 0 Å². The van der Waals surface area contributed by atoms with E-state index in [1.54, 1.807) is 11.3 Å².